The summed E-state index contributed by atoms with van der Waals surface area (Å²) in [5.74, 6) is -0.0167. The Kier molecular flexibility index (Phi) is 7.91. The lowest BCUT2D eigenvalue weighted by Gasteiger charge is -2.32. The first-order chi connectivity index (χ1) is 14.9. The third-order valence-corrected chi connectivity index (χ3v) is 5.93. The van der Waals surface area contributed by atoms with Crippen LogP contribution in [0.15, 0.2) is 30.3 Å². The third kappa shape index (κ3) is 6.20. The van der Waals surface area contributed by atoms with Crippen LogP contribution in [0.3, 0.4) is 0 Å². The highest BCUT2D eigenvalue weighted by atomic mass is 35.5. The molecule has 1 aromatic heterocycles. The molecule has 0 aliphatic carbocycles. The van der Waals surface area contributed by atoms with Gasteiger partial charge in [-0.25, -0.2) is 4.68 Å². The Morgan fingerprint density at radius 2 is 2.00 bits per heavy atom. The van der Waals surface area contributed by atoms with Crippen LogP contribution in [0, 0.1) is 13.8 Å². The molecule has 7 heteroatoms. The van der Waals surface area contributed by atoms with Crippen molar-refractivity contribution < 1.29 is 9.59 Å². The standard InChI is InChI=1S/C24H31ClN4O2/c1-4-6-22(30)26-20-7-5-14-28(16-20)23(31)13-12-21-18(3)27-29(24(21)25)15-19-10-8-17(2)9-11-19/h8-13,20H,4-7,14-16H2,1-3H3,(H,26,30)/b13-12+. The molecule has 1 saturated heterocycles. The average molecular weight is 443 g/mol. The molecule has 31 heavy (non-hydrogen) atoms. The van der Waals surface area contributed by atoms with E-state index in [0.717, 1.165) is 36.1 Å². The number of nitrogens with one attached hydrogen (secondary N) is 1. The zero-order valence-electron chi connectivity index (χ0n) is 18.5. The summed E-state index contributed by atoms with van der Waals surface area (Å²) in [4.78, 5) is 26.4. The zero-order valence-corrected chi connectivity index (χ0v) is 19.3. The third-order valence-electron chi connectivity index (χ3n) is 5.53. The second kappa shape index (κ2) is 10.6. The molecule has 2 amide bonds. The van der Waals surface area contributed by atoms with Crippen LogP contribution in [0.5, 0.6) is 0 Å². The summed E-state index contributed by atoms with van der Waals surface area (Å²) >= 11 is 6.57. The van der Waals surface area contributed by atoms with Crippen LogP contribution in [-0.4, -0.2) is 45.6 Å². The Morgan fingerprint density at radius 3 is 2.71 bits per heavy atom. The molecule has 1 N–H and O–H groups in total. The van der Waals surface area contributed by atoms with Crippen molar-refractivity contribution in [1.82, 2.24) is 20.0 Å². The van der Waals surface area contributed by atoms with Gasteiger partial charge in [-0.05, 0) is 44.7 Å². The molecule has 0 radical (unpaired) electrons. The summed E-state index contributed by atoms with van der Waals surface area (Å²) in [5, 5.41) is 8.10. The van der Waals surface area contributed by atoms with E-state index in [4.69, 9.17) is 11.6 Å². The van der Waals surface area contributed by atoms with Crippen LogP contribution >= 0.6 is 11.6 Å². The minimum absolute atomic E-state index is 0.0210. The number of hydrogen-bond acceptors (Lipinski definition) is 3. The van der Waals surface area contributed by atoms with Crippen molar-refractivity contribution in [1.29, 1.82) is 0 Å². The second-order valence-electron chi connectivity index (χ2n) is 8.21. The number of carbonyl (C=O) groups is 2. The number of amides is 2. The summed E-state index contributed by atoms with van der Waals surface area (Å²) in [7, 11) is 0. The smallest absolute Gasteiger partial charge is 0.246 e. The number of carbonyl (C=O) groups excluding carboxylic acids is 2. The molecular weight excluding hydrogens is 412 g/mol. The van der Waals surface area contributed by atoms with Gasteiger partial charge >= 0.3 is 0 Å². The summed E-state index contributed by atoms with van der Waals surface area (Å²) in [6.07, 6.45) is 6.43. The van der Waals surface area contributed by atoms with Crippen LogP contribution in [-0.2, 0) is 16.1 Å². The van der Waals surface area contributed by atoms with Crippen molar-refractivity contribution in [3.05, 3.63) is 57.9 Å². The lowest BCUT2D eigenvalue weighted by molar-refractivity contribution is -0.129. The number of aryl methyl sites for hydroxylation is 2. The van der Waals surface area contributed by atoms with Crippen molar-refractivity contribution in [2.75, 3.05) is 13.1 Å². The monoisotopic (exact) mass is 442 g/mol. The maximum Gasteiger partial charge on any atom is 0.246 e. The highest BCUT2D eigenvalue weighted by molar-refractivity contribution is 6.31. The van der Waals surface area contributed by atoms with Crippen molar-refractivity contribution in [2.24, 2.45) is 0 Å². The Hall–Kier alpha value is -2.60. The summed E-state index contributed by atoms with van der Waals surface area (Å²) < 4.78 is 1.76. The number of likely N-dealkylation sites (tertiary alicyclic amines) is 1. The number of piperidine rings is 1. The van der Waals surface area contributed by atoms with E-state index in [-0.39, 0.29) is 17.9 Å². The summed E-state index contributed by atoms with van der Waals surface area (Å²) in [5.41, 5.74) is 3.86. The molecule has 1 aromatic carbocycles. The molecule has 0 saturated carbocycles. The maximum absolute atomic E-state index is 12.7. The van der Waals surface area contributed by atoms with E-state index < -0.39 is 0 Å². The van der Waals surface area contributed by atoms with Crippen molar-refractivity contribution in [3.8, 4) is 0 Å². The average Bonchev–Trinajstić information content (AvgIpc) is 3.00. The van der Waals surface area contributed by atoms with E-state index in [1.807, 2.05) is 13.8 Å². The van der Waals surface area contributed by atoms with Gasteiger partial charge in [0.25, 0.3) is 0 Å². The van der Waals surface area contributed by atoms with Gasteiger partial charge in [-0.1, -0.05) is 48.4 Å². The predicted molar refractivity (Wildman–Crippen MR) is 124 cm³/mol. The van der Waals surface area contributed by atoms with Crippen molar-refractivity contribution >= 4 is 29.5 Å². The molecule has 0 spiro atoms. The number of nitrogens with zero attached hydrogens (tertiary/aromatic N) is 3. The van der Waals surface area contributed by atoms with Crippen LogP contribution in [0.25, 0.3) is 6.08 Å². The molecule has 1 fully saturated rings. The fourth-order valence-electron chi connectivity index (χ4n) is 3.81. The second-order valence-corrected chi connectivity index (χ2v) is 8.57. The van der Waals surface area contributed by atoms with Gasteiger partial charge < -0.3 is 10.2 Å². The highest BCUT2D eigenvalue weighted by Gasteiger charge is 2.23. The summed E-state index contributed by atoms with van der Waals surface area (Å²) in [6, 6.07) is 8.28. The predicted octanol–water partition coefficient (Wildman–Crippen LogP) is 4.12. The number of halogens is 1. The molecular formula is C24H31ClN4O2. The van der Waals surface area contributed by atoms with E-state index in [0.29, 0.717) is 31.2 Å². The van der Waals surface area contributed by atoms with Gasteiger partial charge in [0.05, 0.1) is 12.2 Å². The van der Waals surface area contributed by atoms with Crippen LogP contribution in [0.2, 0.25) is 5.15 Å². The number of hydrogen-bond donors (Lipinski definition) is 1. The fraction of sp³-hybridized carbons (Fsp3) is 0.458. The Bertz CT molecular complexity index is 949. The molecule has 3 rings (SSSR count). The molecule has 1 aliphatic heterocycles. The van der Waals surface area contributed by atoms with Gasteiger partial charge in [0, 0.05) is 37.2 Å². The van der Waals surface area contributed by atoms with E-state index >= 15 is 0 Å². The van der Waals surface area contributed by atoms with E-state index in [9.17, 15) is 9.59 Å². The van der Waals surface area contributed by atoms with Gasteiger partial charge in [-0.3, -0.25) is 9.59 Å². The Balaban J connectivity index is 1.64. The van der Waals surface area contributed by atoms with Crippen molar-refractivity contribution in [3.63, 3.8) is 0 Å². The molecule has 2 heterocycles. The van der Waals surface area contributed by atoms with Crippen LogP contribution in [0.1, 0.15) is 55.0 Å². The van der Waals surface area contributed by atoms with Gasteiger partial charge in [-0.15, -0.1) is 0 Å². The van der Waals surface area contributed by atoms with Gasteiger partial charge in [0.1, 0.15) is 5.15 Å². The van der Waals surface area contributed by atoms with Crippen molar-refractivity contribution in [2.45, 2.75) is 59.0 Å². The normalized spacial score (nSPS) is 16.6. The lowest BCUT2D eigenvalue weighted by Crippen LogP contribution is -2.49. The molecule has 1 unspecified atom stereocenters. The minimum Gasteiger partial charge on any atom is -0.352 e. The van der Waals surface area contributed by atoms with Gasteiger partial charge in [0.15, 0.2) is 0 Å². The molecule has 166 valence electrons. The van der Waals surface area contributed by atoms with E-state index in [1.54, 1.807) is 21.7 Å². The lowest BCUT2D eigenvalue weighted by atomic mass is 10.1. The Morgan fingerprint density at radius 1 is 1.26 bits per heavy atom. The first-order valence-electron chi connectivity index (χ1n) is 10.9. The molecule has 6 nitrogen and oxygen atoms in total. The highest BCUT2D eigenvalue weighted by Crippen LogP contribution is 2.23. The SMILES string of the molecule is CCCC(=O)NC1CCCN(C(=O)/C=C/c2c(C)nn(Cc3ccc(C)cc3)c2Cl)C1. The first kappa shape index (κ1) is 23.1. The molecule has 1 aliphatic rings. The van der Waals surface area contributed by atoms with E-state index in [2.05, 4.69) is 41.6 Å². The summed E-state index contributed by atoms with van der Waals surface area (Å²) in [6.45, 7) is 7.74. The quantitative estimate of drug-likeness (QED) is 0.656. The number of rotatable bonds is 7. The number of aromatic nitrogens is 2. The largest absolute Gasteiger partial charge is 0.352 e. The minimum atomic E-state index is -0.0730. The fourth-order valence-corrected chi connectivity index (χ4v) is 4.11. The van der Waals surface area contributed by atoms with Crippen LogP contribution < -0.4 is 5.32 Å². The maximum atomic E-state index is 12.7. The molecule has 2 aromatic rings. The number of benzene rings is 1. The Labute approximate surface area is 189 Å². The zero-order chi connectivity index (χ0) is 22.4. The molecule has 0 bridgehead atoms. The van der Waals surface area contributed by atoms with Crippen LogP contribution in [0.4, 0.5) is 0 Å². The first-order valence-corrected chi connectivity index (χ1v) is 11.3. The van der Waals surface area contributed by atoms with Gasteiger partial charge in [0.2, 0.25) is 11.8 Å². The van der Waals surface area contributed by atoms with E-state index in [1.165, 1.54) is 5.56 Å². The topological polar surface area (TPSA) is 67.2 Å². The molecule has 1 atom stereocenters. The van der Waals surface area contributed by atoms with Gasteiger partial charge in [-0.2, -0.15) is 5.10 Å².